The third-order valence-electron chi connectivity index (χ3n) is 4.31. The molecule has 0 saturated heterocycles. The van der Waals surface area contributed by atoms with E-state index in [1.54, 1.807) is 59.6 Å². The first-order valence-electron chi connectivity index (χ1n) is 9.43. The molecule has 4 rings (SSSR count). The number of hydrogen-bond donors (Lipinski definition) is 2. The standard InChI is InChI=1S/C22H19N3O3S3.BrH/c1-2-29-22-24-19-11-10-16(13-21(19)30-22)23-14-15-8-9-17(12-20(15)26)25-31(27,28)18-6-4-3-5-7-18;/h3-14,25-26H,2H2,1H3;1H. The first-order valence-corrected chi connectivity index (χ1v) is 12.7. The minimum absolute atomic E-state index is 0. The summed E-state index contributed by atoms with van der Waals surface area (Å²) in [5.74, 6) is 0.902. The van der Waals surface area contributed by atoms with Crippen LogP contribution in [0.15, 0.2) is 81.0 Å². The maximum Gasteiger partial charge on any atom is 0.261 e. The van der Waals surface area contributed by atoms with Crippen molar-refractivity contribution in [1.29, 1.82) is 0 Å². The molecule has 2 N–H and O–H groups in total. The number of phenols is 1. The number of phenolic OH excluding ortho intramolecular Hbond substituents is 1. The topological polar surface area (TPSA) is 91.7 Å². The Morgan fingerprint density at radius 3 is 2.62 bits per heavy atom. The summed E-state index contributed by atoms with van der Waals surface area (Å²) in [6.45, 7) is 2.09. The van der Waals surface area contributed by atoms with Gasteiger partial charge in [0.1, 0.15) is 5.75 Å². The molecule has 0 aliphatic rings. The number of sulfonamides is 1. The lowest BCUT2D eigenvalue weighted by atomic mass is 10.2. The van der Waals surface area contributed by atoms with Gasteiger partial charge in [-0.2, -0.15) is 0 Å². The Hall–Kier alpha value is -2.40. The highest BCUT2D eigenvalue weighted by Gasteiger charge is 2.14. The maximum absolute atomic E-state index is 12.4. The summed E-state index contributed by atoms with van der Waals surface area (Å²) >= 11 is 3.34. The van der Waals surface area contributed by atoms with E-state index >= 15 is 0 Å². The van der Waals surface area contributed by atoms with Gasteiger partial charge in [-0.25, -0.2) is 13.4 Å². The molecule has 1 heterocycles. The van der Waals surface area contributed by atoms with Crippen molar-refractivity contribution in [2.45, 2.75) is 16.2 Å². The van der Waals surface area contributed by atoms with Gasteiger partial charge in [0.25, 0.3) is 10.0 Å². The average Bonchev–Trinajstić information content (AvgIpc) is 3.15. The second-order valence-electron chi connectivity index (χ2n) is 6.52. The van der Waals surface area contributed by atoms with Crippen LogP contribution in [0.5, 0.6) is 5.75 Å². The van der Waals surface area contributed by atoms with Crippen molar-refractivity contribution in [3.63, 3.8) is 0 Å². The SMILES string of the molecule is Br.CCSc1nc2ccc(N=Cc3ccc(NS(=O)(=O)c4ccccc4)cc3O)cc2s1. The Bertz CT molecular complexity index is 1360. The van der Waals surface area contributed by atoms with Gasteiger partial charge < -0.3 is 5.11 Å². The number of fused-ring (bicyclic) bond motifs is 1. The van der Waals surface area contributed by atoms with Gasteiger partial charge in [0.15, 0.2) is 4.34 Å². The highest BCUT2D eigenvalue weighted by atomic mass is 79.9. The largest absolute Gasteiger partial charge is 0.507 e. The van der Waals surface area contributed by atoms with Gasteiger partial charge in [0.2, 0.25) is 0 Å². The number of hydrogen-bond acceptors (Lipinski definition) is 7. The van der Waals surface area contributed by atoms with E-state index in [9.17, 15) is 13.5 Å². The van der Waals surface area contributed by atoms with Gasteiger partial charge in [-0.05, 0) is 48.2 Å². The summed E-state index contributed by atoms with van der Waals surface area (Å²) in [4.78, 5) is 9.17. The molecule has 0 fully saturated rings. The second-order valence-corrected chi connectivity index (χ2v) is 10.7. The maximum atomic E-state index is 12.4. The van der Waals surface area contributed by atoms with Gasteiger partial charge in [-0.3, -0.25) is 9.71 Å². The smallest absolute Gasteiger partial charge is 0.261 e. The molecule has 6 nitrogen and oxygen atoms in total. The molecule has 10 heteroatoms. The van der Waals surface area contributed by atoms with Crippen molar-refractivity contribution in [3.05, 3.63) is 72.3 Å². The van der Waals surface area contributed by atoms with Crippen LogP contribution in [-0.2, 0) is 10.0 Å². The first-order chi connectivity index (χ1) is 14.9. The van der Waals surface area contributed by atoms with E-state index in [4.69, 9.17) is 0 Å². The van der Waals surface area contributed by atoms with Crippen molar-refractivity contribution in [2.75, 3.05) is 10.5 Å². The quantitative estimate of drug-likeness (QED) is 0.210. The number of anilines is 1. The highest BCUT2D eigenvalue weighted by Crippen LogP contribution is 2.32. The first kappa shape index (κ1) is 24.2. The molecule has 0 saturated carbocycles. The second kappa shape index (κ2) is 10.5. The molecule has 0 bridgehead atoms. The van der Waals surface area contributed by atoms with Crippen molar-refractivity contribution >= 4 is 77.9 Å². The van der Waals surface area contributed by atoms with E-state index in [2.05, 4.69) is 21.6 Å². The van der Waals surface area contributed by atoms with E-state index in [1.807, 2.05) is 18.2 Å². The molecule has 0 amide bonds. The molecule has 3 aromatic carbocycles. The highest BCUT2D eigenvalue weighted by molar-refractivity contribution is 8.93. The predicted molar refractivity (Wildman–Crippen MR) is 139 cm³/mol. The zero-order valence-corrected chi connectivity index (χ0v) is 21.1. The average molecular weight is 551 g/mol. The Labute approximate surface area is 205 Å². The summed E-state index contributed by atoms with van der Waals surface area (Å²) in [6, 6.07) is 18.4. The summed E-state index contributed by atoms with van der Waals surface area (Å²) in [5.41, 5.74) is 2.44. The summed E-state index contributed by atoms with van der Waals surface area (Å²) < 4.78 is 29.4. The molecule has 0 spiro atoms. The summed E-state index contributed by atoms with van der Waals surface area (Å²) in [5, 5.41) is 10.3. The molecule has 0 aliphatic carbocycles. The van der Waals surface area contributed by atoms with Gasteiger partial charge in [0, 0.05) is 17.8 Å². The van der Waals surface area contributed by atoms with Crippen LogP contribution in [0, 0.1) is 0 Å². The molecule has 0 atom stereocenters. The summed E-state index contributed by atoms with van der Waals surface area (Å²) in [6.07, 6.45) is 1.55. The van der Waals surface area contributed by atoms with Gasteiger partial charge in [-0.1, -0.05) is 36.9 Å². The van der Waals surface area contributed by atoms with E-state index in [-0.39, 0.29) is 33.3 Å². The van der Waals surface area contributed by atoms with Crippen molar-refractivity contribution < 1.29 is 13.5 Å². The Balaban J connectivity index is 0.00000289. The zero-order chi connectivity index (χ0) is 21.8. The minimum atomic E-state index is -3.72. The van der Waals surface area contributed by atoms with Crippen molar-refractivity contribution in [1.82, 2.24) is 4.98 Å². The molecule has 0 unspecified atom stereocenters. The zero-order valence-electron chi connectivity index (χ0n) is 16.9. The third kappa shape index (κ3) is 5.69. The fourth-order valence-corrected chi connectivity index (χ4v) is 5.90. The van der Waals surface area contributed by atoms with Crippen LogP contribution >= 0.6 is 40.1 Å². The third-order valence-corrected chi connectivity index (χ3v) is 7.75. The van der Waals surface area contributed by atoms with E-state index in [0.717, 1.165) is 26.0 Å². The molecule has 1 aromatic heterocycles. The van der Waals surface area contributed by atoms with Crippen LogP contribution in [-0.4, -0.2) is 30.5 Å². The molecule has 0 radical (unpaired) electrons. The number of aliphatic imine (C=N–C) groups is 1. The number of thiazole rings is 1. The lowest BCUT2D eigenvalue weighted by Crippen LogP contribution is -2.12. The fourth-order valence-electron chi connectivity index (χ4n) is 2.83. The predicted octanol–water partition coefficient (Wildman–Crippen LogP) is 6.24. The van der Waals surface area contributed by atoms with Crippen LogP contribution in [0.3, 0.4) is 0 Å². The Kier molecular flexibility index (Phi) is 7.94. The van der Waals surface area contributed by atoms with Crippen LogP contribution < -0.4 is 4.72 Å². The molecule has 166 valence electrons. The minimum Gasteiger partial charge on any atom is -0.507 e. The number of benzene rings is 3. The van der Waals surface area contributed by atoms with E-state index in [1.165, 1.54) is 18.2 Å². The van der Waals surface area contributed by atoms with Crippen LogP contribution in [0.25, 0.3) is 10.2 Å². The van der Waals surface area contributed by atoms with Crippen molar-refractivity contribution in [3.8, 4) is 5.75 Å². The lowest BCUT2D eigenvalue weighted by molar-refractivity contribution is 0.475. The number of aromatic nitrogens is 1. The summed E-state index contributed by atoms with van der Waals surface area (Å²) in [7, 11) is -3.72. The number of thioether (sulfide) groups is 1. The van der Waals surface area contributed by atoms with Crippen molar-refractivity contribution in [2.24, 2.45) is 4.99 Å². The number of halogens is 1. The molecular formula is C22H20BrN3O3S3. The van der Waals surface area contributed by atoms with Crippen LogP contribution in [0.4, 0.5) is 11.4 Å². The number of rotatable bonds is 7. The number of nitrogens with one attached hydrogen (secondary N) is 1. The number of aromatic hydroxyl groups is 1. The van der Waals surface area contributed by atoms with Gasteiger partial charge in [-0.15, -0.1) is 28.3 Å². The molecule has 4 aromatic rings. The van der Waals surface area contributed by atoms with Crippen LogP contribution in [0.1, 0.15) is 12.5 Å². The fraction of sp³-hybridized carbons (Fsp3) is 0.0909. The molecule has 32 heavy (non-hydrogen) atoms. The molecular weight excluding hydrogens is 530 g/mol. The number of nitrogens with zero attached hydrogens (tertiary/aromatic N) is 2. The monoisotopic (exact) mass is 549 g/mol. The van der Waals surface area contributed by atoms with Crippen LogP contribution in [0.2, 0.25) is 0 Å². The molecule has 0 aliphatic heterocycles. The van der Waals surface area contributed by atoms with Gasteiger partial charge in [0.05, 0.1) is 26.5 Å². The lowest BCUT2D eigenvalue weighted by Gasteiger charge is -2.09. The van der Waals surface area contributed by atoms with E-state index < -0.39 is 10.0 Å². The Morgan fingerprint density at radius 2 is 1.91 bits per heavy atom. The van der Waals surface area contributed by atoms with E-state index in [0.29, 0.717) is 5.56 Å². The Morgan fingerprint density at radius 1 is 1.12 bits per heavy atom. The van der Waals surface area contributed by atoms with Gasteiger partial charge >= 0.3 is 0 Å². The normalized spacial score (nSPS) is 11.5.